The average molecular weight is 1760 g/mol. The van der Waals surface area contributed by atoms with Crippen molar-refractivity contribution < 1.29 is 219 Å². The fourth-order valence-electron chi connectivity index (χ4n) is 14.1. The molecule has 47 heteroatoms. The highest BCUT2D eigenvalue weighted by Gasteiger charge is 2.64. The fourth-order valence-corrected chi connectivity index (χ4v) is 14.1. The van der Waals surface area contributed by atoms with Crippen molar-refractivity contribution in [3.63, 3.8) is 0 Å². The first kappa shape index (κ1) is 101. The second-order valence-electron chi connectivity index (χ2n) is 28.9. The van der Waals surface area contributed by atoms with E-state index in [-0.39, 0.29) is 0 Å². The van der Waals surface area contributed by atoms with Crippen LogP contribution in [0.5, 0.6) is 0 Å². The van der Waals surface area contributed by atoms with E-state index in [2.05, 4.69) is 5.32 Å². The summed E-state index contributed by atoms with van der Waals surface area (Å²) in [7, 11) is 0. The fraction of sp³-hybridized carbons (Fsp3) is 0.760. The Bertz CT molecular complexity index is 3750. The molecule has 0 spiro atoms. The van der Waals surface area contributed by atoms with Gasteiger partial charge in [0.15, 0.2) is 111 Å². The number of carbonyl (C=O) groups excluding carboxylic acids is 18. The van der Waals surface area contributed by atoms with E-state index in [1.54, 1.807) is 13.8 Å². The summed E-state index contributed by atoms with van der Waals surface area (Å²) in [5, 5.41) is 2.56. The van der Waals surface area contributed by atoms with Gasteiger partial charge in [0.2, 0.25) is 5.91 Å². The lowest BCUT2D eigenvalue weighted by Gasteiger charge is -2.52. The summed E-state index contributed by atoms with van der Waals surface area (Å²) in [4.78, 5) is 239. The van der Waals surface area contributed by atoms with Crippen LogP contribution in [0.1, 0.15) is 145 Å². The van der Waals surface area contributed by atoms with Crippen molar-refractivity contribution >= 4 is 107 Å². The van der Waals surface area contributed by atoms with Gasteiger partial charge in [-0.25, -0.2) is 0 Å². The summed E-state index contributed by atoms with van der Waals surface area (Å²) in [6, 6.07) is -2.19. The van der Waals surface area contributed by atoms with Gasteiger partial charge in [0.1, 0.15) is 100 Å². The number of ether oxygens (including phenoxy) is 28. The Balaban J connectivity index is 1.66. The van der Waals surface area contributed by atoms with E-state index in [0.717, 1.165) is 125 Å². The van der Waals surface area contributed by atoms with Crippen molar-refractivity contribution in [3.8, 4) is 0 Å². The molecule has 6 heterocycles. The Morgan fingerprint density at radius 1 is 0.230 bits per heavy atom. The lowest BCUT2D eigenvalue weighted by atomic mass is 9.88. The standard InChI is InChI=1S/C75H105NO46/c1-27(2)53-61(105-39(14)87)63(107-41(16)89)58(47(113-53)22-95-30(5)78)118-73-68(111-45(20)93)65(109-43(18)91)59(51(117-73)26-99-34(9)82)119-74-69(112-46(21)94)66(57(104-38(13)86)50(115-74)25-98-33(8)81)121-71-52(76-29(4)77)60(55(102-36(11)84)48(114-71)23-96-31(6)79)120-75-70(64(108-42(17)90)56(103-37(12)85)49(116-75)24-97-32(7)80)122-72-67(110-44(19)92)62(106-40(15)88)54(28(3)100-72)101-35(10)83/h27-28,47-75H,22-26H2,1-21H3,(H,76,77)/t28?,47?,48?,49?,50?,51?,52?,53-,54?,55-,56-,57-,58-,59-,60+,61?,62?,63-,64-,65-,66-,67?,68?,69?,70?,71-,72-,73-,74-,75-/m0/s1. The topological polar surface area (TPSA) is 578 Å². The van der Waals surface area contributed by atoms with Crippen LogP contribution in [-0.2, 0) is 219 Å². The van der Waals surface area contributed by atoms with Crippen molar-refractivity contribution in [2.45, 2.75) is 329 Å². The van der Waals surface area contributed by atoms with Crippen LogP contribution in [0.15, 0.2) is 0 Å². The number of hydrogen-bond acceptors (Lipinski definition) is 46. The van der Waals surface area contributed by atoms with Crippen molar-refractivity contribution in [1.82, 2.24) is 5.32 Å². The molecule has 0 aromatic heterocycles. The maximum absolute atomic E-state index is 14.2. The molecule has 1 amide bonds. The van der Waals surface area contributed by atoms with Crippen molar-refractivity contribution in [1.29, 1.82) is 0 Å². The molecule has 0 aromatic rings. The van der Waals surface area contributed by atoms with E-state index >= 15 is 0 Å². The van der Waals surface area contributed by atoms with Crippen LogP contribution in [0.25, 0.3) is 0 Å². The van der Waals surface area contributed by atoms with E-state index in [4.69, 9.17) is 133 Å². The molecule has 0 aromatic carbocycles. The van der Waals surface area contributed by atoms with Crippen molar-refractivity contribution in [3.05, 3.63) is 0 Å². The third-order valence-corrected chi connectivity index (χ3v) is 18.2. The molecule has 6 saturated heterocycles. The van der Waals surface area contributed by atoms with Crippen LogP contribution in [0.3, 0.4) is 0 Å². The number of nitrogens with one attached hydrogen (secondary N) is 1. The second-order valence-corrected chi connectivity index (χ2v) is 28.9. The van der Waals surface area contributed by atoms with Crippen LogP contribution in [0, 0.1) is 5.92 Å². The summed E-state index contributed by atoms with van der Waals surface area (Å²) in [5.41, 5.74) is 0. The number of carbonyl (C=O) groups is 18. The monoisotopic (exact) mass is 1760 g/mol. The van der Waals surface area contributed by atoms with Crippen LogP contribution < -0.4 is 5.32 Å². The molecule has 122 heavy (non-hydrogen) atoms. The van der Waals surface area contributed by atoms with Gasteiger partial charge >= 0.3 is 101 Å². The molecular formula is C75H105NO46. The second kappa shape index (κ2) is 45.9. The number of esters is 17. The van der Waals surface area contributed by atoms with E-state index < -0.39 is 330 Å². The highest BCUT2D eigenvalue weighted by Crippen LogP contribution is 2.43. The van der Waals surface area contributed by atoms with Crippen molar-refractivity contribution in [2.24, 2.45) is 5.92 Å². The summed E-state index contributed by atoms with van der Waals surface area (Å²) < 4.78 is 170. The smallest absolute Gasteiger partial charge is 0.303 e. The zero-order valence-corrected chi connectivity index (χ0v) is 70.7. The van der Waals surface area contributed by atoms with Gasteiger partial charge in [-0.1, -0.05) is 13.8 Å². The highest BCUT2D eigenvalue weighted by atomic mass is 16.8. The van der Waals surface area contributed by atoms with Crippen LogP contribution in [0.2, 0.25) is 0 Å². The summed E-state index contributed by atoms with van der Waals surface area (Å²) in [6.45, 7) is 16.6. The molecule has 0 saturated carbocycles. The van der Waals surface area contributed by atoms with Gasteiger partial charge in [0.05, 0.1) is 6.10 Å². The minimum absolute atomic E-state index is 0.569. The molecule has 14 unspecified atom stereocenters. The lowest BCUT2D eigenvalue weighted by Crippen LogP contribution is -2.72. The van der Waals surface area contributed by atoms with E-state index in [9.17, 15) is 86.3 Å². The SMILES string of the molecule is CC(=O)NC1[C@H](O[C@@H]2C(OC(C)=O)[C@H](O[C@H]3C(COC(C)=O)O[C@@H](O[C@H]4C(COC(C)=O)O[C@@H](C(C)C)C(OC(C)=O)[C@H]4OC(C)=O)C(OC(C)=O)[C@H]3OC(C)=O)OC(COC(C)=O)[C@@H]2OC(C)=O)OC(COC(C)=O)[C@H](OC(C)=O)[C@@H]1O[C@@H]1OC(COC(C)=O)[C@H](OC(C)=O)[C@H](OC(C)=O)C1O[C@@H]1OC(C)C(OC(C)=O)C(OC(C)=O)C1OC(C)=O. The average Bonchev–Trinajstić information content (AvgIpc) is 0.754. The molecule has 47 nitrogen and oxygen atoms in total. The molecule has 0 aliphatic carbocycles. The predicted molar refractivity (Wildman–Crippen MR) is 384 cm³/mol. The third kappa shape index (κ3) is 29.4. The first-order valence-electron chi connectivity index (χ1n) is 38.2. The summed E-state index contributed by atoms with van der Waals surface area (Å²) in [6.07, 6.45) is -58.4. The molecule has 6 aliphatic heterocycles. The van der Waals surface area contributed by atoms with Gasteiger partial charge in [0, 0.05) is 125 Å². The minimum Gasteiger partial charge on any atom is -0.463 e. The first-order valence-corrected chi connectivity index (χ1v) is 38.2. The molecule has 30 atom stereocenters. The zero-order chi connectivity index (χ0) is 91.3. The molecule has 0 bridgehead atoms. The largest absolute Gasteiger partial charge is 0.463 e. The Kier molecular flexibility index (Phi) is 38.0. The maximum Gasteiger partial charge on any atom is 0.303 e. The number of rotatable bonds is 34. The predicted octanol–water partition coefficient (Wildman–Crippen LogP) is -1.52. The molecule has 1 N–H and O–H groups in total. The van der Waals surface area contributed by atoms with Crippen molar-refractivity contribution in [2.75, 3.05) is 33.0 Å². The Labute approximate surface area is 697 Å². The van der Waals surface area contributed by atoms with Gasteiger partial charge in [-0.05, 0) is 12.8 Å². The summed E-state index contributed by atoms with van der Waals surface area (Å²) in [5.74, 6) is -20.1. The van der Waals surface area contributed by atoms with Gasteiger partial charge in [-0.3, -0.25) is 86.3 Å². The quantitative estimate of drug-likeness (QED) is 0.0565. The van der Waals surface area contributed by atoms with Gasteiger partial charge in [0.25, 0.3) is 0 Å². The zero-order valence-electron chi connectivity index (χ0n) is 70.7. The molecular weight excluding hydrogens is 1650 g/mol. The molecule has 6 fully saturated rings. The van der Waals surface area contributed by atoms with Gasteiger partial charge < -0.3 is 138 Å². The van der Waals surface area contributed by atoms with Crippen LogP contribution >= 0.6 is 0 Å². The number of hydrogen-bond donors (Lipinski definition) is 1. The Morgan fingerprint density at radius 3 is 0.787 bits per heavy atom. The minimum atomic E-state index is -2.43. The number of amides is 1. The molecule has 686 valence electrons. The summed E-state index contributed by atoms with van der Waals surface area (Å²) >= 11 is 0. The normalized spacial score (nSPS) is 33.6. The van der Waals surface area contributed by atoms with Crippen LogP contribution in [-0.4, -0.2) is 324 Å². The van der Waals surface area contributed by atoms with Gasteiger partial charge in [-0.2, -0.15) is 0 Å². The third-order valence-electron chi connectivity index (χ3n) is 18.2. The molecule has 0 radical (unpaired) electrons. The Morgan fingerprint density at radius 2 is 0.451 bits per heavy atom. The van der Waals surface area contributed by atoms with E-state index in [1.807, 2.05) is 0 Å². The van der Waals surface area contributed by atoms with Gasteiger partial charge in [-0.15, -0.1) is 0 Å². The van der Waals surface area contributed by atoms with E-state index in [0.29, 0.717) is 0 Å². The molecule has 6 aliphatic rings. The van der Waals surface area contributed by atoms with Crippen LogP contribution in [0.4, 0.5) is 0 Å². The lowest BCUT2D eigenvalue weighted by molar-refractivity contribution is -0.392. The highest BCUT2D eigenvalue weighted by molar-refractivity contribution is 5.74. The maximum atomic E-state index is 14.2. The van der Waals surface area contributed by atoms with E-state index in [1.165, 1.54) is 6.92 Å². The Hall–Kier alpha value is -9.98. The molecule has 6 rings (SSSR count). The first-order chi connectivity index (χ1) is 57.0.